The van der Waals surface area contributed by atoms with E-state index < -0.39 is 15.3 Å². The minimum atomic E-state index is -3.39. The largest absolute Gasteiger partial charge is 0.381 e. The van der Waals surface area contributed by atoms with Crippen LogP contribution in [-0.2, 0) is 21.2 Å². The van der Waals surface area contributed by atoms with Gasteiger partial charge in [-0.05, 0) is 44.4 Å². The second kappa shape index (κ2) is 7.49. The van der Waals surface area contributed by atoms with Gasteiger partial charge in [-0.2, -0.15) is 0 Å². The zero-order valence-electron chi connectivity index (χ0n) is 12.7. The fraction of sp³-hybridized carbons (Fsp3) is 0.600. The summed E-state index contributed by atoms with van der Waals surface area (Å²) < 4.78 is 33.2. The van der Waals surface area contributed by atoms with E-state index in [0.717, 1.165) is 5.56 Å². The third kappa shape index (κ3) is 4.36. The lowest BCUT2D eigenvalue weighted by atomic mass is 9.93. The third-order valence-corrected chi connectivity index (χ3v) is 6.66. The number of hydrogen-bond donors (Lipinski definition) is 1. The van der Waals surface area contributed by atoms with Crippen molar-refractivity contribution in [2.45, 2.75) is 38.0 Å². The van der Waals surface area contributed by atoms with E-state index in [2.05, 4.69) is 4.72 Å². The lowest BCUT2D eigenvalue weighted by Gasteiger charge is -2.32. The molecule has 0 saturated carbocycles. The van der Waals surface area contributed by atoms with Crippen molar-refractivity contribution in [3.63, 3.8) is 0 Å². The van der Waals surface area contributed by atoms with Gasteiger partial charge in [0.05, 0.1) is 11.9 Å². The van der Waals surface area contributed by atoms with Crippen molar-refractivity contribution >= 4 is 33.2 Å². The number of benzene rings is 1. The van der Waals surface area contributed by atoms with Crippen LogP contribution in [0.3, 0.4) is 0 Å². The quantitative estimate of drug-likeness (QED) is 0.870. The Morgan fingerprint density at radius 2 is 1.95 bits per heavy atom. The average molecular weight is 366 g/mol. The number of halogens is 2. The summed E-state index contributed by atoms with van der Waals surface area (Å²) in [5.74, 6) is -0.164. The zero-order valence-corrected chi connectivity index (χ0v) is 15.0. The van der Waals surface area contributed by atoms with Crippen LogP contribution in [0.2, 0.25) is 10.0 Å². The predicted octanol–water partition coefficient (Wildman–Crippen LogP) is 3.27. The summed E-state index contributed by atoms with van der Waals surface area (Å²) in [6, 6.07) is 5.18. The van der Waals surface area contributed by atoms with Gasteiger partial charge < -0.3 is 4.74 Å². The van der Waals surface area contributed by atoms with Gasteiger partial charge in [0.25, 0.3) is 0 Å². The minimum Gasteiger partial charge on any atom is -0.381 e. The Kier molecular flexibility index (Phi) is 6.14. The Labute approximate surface area is 142 Å². The molecule has 7 heteroatoms. The molecule has 0 spiro atoms. The van der Waals surface area contributed by atoms with Crippen LogP contribution in [0.1, 0.15) is 25.8 Å². The summed E-state index contributed by atoms with van der Waals surface area (Å²) in [7, 11) is -3.39. The van der Waals surface area contributed by atoms with Crippen LogP contribution in [0.5, 0.6) is 0 Å². The van der Waals surface area contributed by atoms with Crippen LogP contribution in [0.15, 0.2) is 18.2 Å². The summed E-state index contributed by atoms with van der Waals surface area (Å²) in [6.07, 6.45) is 0.969. The van der Waals surface area contributed by atoms with Crippen LogP contribution in [0.25, 0.3) is 0 Å². The highest BCUT2D eigenvalue weighted by atomic mass is 35.5. The second-order valence-corrected chi connectivity index (χ2v) is 8.63. The maximum Gasteiger partial charge on any atom is 0.215 e. The van der Waals surface area contributed by atoms with Gasteiger partial charge in [0.1, 0.15) is 0 Å². The van der Waals surface area contributed by atoms with Crippen molar-refractivity contribution in [2.24, 2.45) is 5.92 Å². The molecule has 1 fully saturated rings. The first kappa shape index (κ1) is 18.0. The SMILES string of the molecule is CC(C)NS(=O)(=O)[C@H]1CCOC[C@@H]1Cc1c(Cl)cccc1Cl. The topological polar surface area (TPSA) is 55.4 Å². The van der Waals surface area contributed by atoms with Crippen molar-refractivity contribution < 1.29 is 13.2 Å². The number of sulfonamides is 1. The standard InChI is InChI=1S/C15H21Cl2NO3S/c1-10(2)18-22(19,20)15-6-7-21-9-11(15)8-12-13(16)4-3-5-14(12)17/h3-5,10-11,15,18H,6-9H2,1-2H3/t11-,15-/m0/s1. The van der Waals surface area contributed by atoms with Gasteiger partial charge in [-0.15, -0.1) is 0 Å². The van der Waals surface area contributed by atoms with E-state index in [1.54, 1.807) is 18.2 Å². The van der Waals surface area contributed by atoms with Gasteiger partial charge in [0.15, 0.2) is 0 Å². The molecule has 2 atom stereocenters. The van der Waals surface area contributed by atoms with Crippen LogP contribution in [0.4, 0.5) is 0 Å². The van der Waals surface area contributed by atoms with Crippen molar-refractivity contribution in [1.29, 1.82) is 0 Å². The van der Waals surface area contributed by atoms with E-state index in [9.17, 15) is 8.42 Å². The van der Waals surface area contributed by atoms with Crippen molar-refractivity contribution in [3.8, 4) is 0 Å². The molecule has 2 rings (SSSR count). The Morgan fingerprint density at radius 1 is 1.32 bits per heavy atom. The average Bonchev–Trinajstić information content (AvgIpc) is 2.42. The molecule has 0 amide bonds. The molecular weight excluding hydrogens is 345 g/mol. The third-order valence-electron chi connectivity index (χ3n) is 3.73. The number of nitrogens with one attached hydrogen (secondary N) is 1. The molecule has 22 heavy (non-hydrogen) atoms. The summed E-state index contributed by atoms with van der Waals surface area (Å²) in [5, 5.41) is 0.632. The number of rotatable bonds is 5. The summed E-state index contributed by atoms with van der Waals surface area (Å²) in [4.78, 5) is 0. The second-order valence-electron chi connectivity index (χ2n) is 5.88. The summed E-state index contributed by atoms with van der Waals surface area (Å²) >= 11 is 12.4. The minimum absolute atomic E-state index is 0.127. The van der Waals surface area contributed by atoms with Crippen LogP contribution < -0.4 is 4.72 Å². The molecule has 4 nitrogen and oxygen atoms in total. The van der Waals surface area contributed by atoms with Gasteiger partial charge >= 0.3 is 0 Å². The zero-order chi connectivity index (χ0) is 16.3. The Bertz CT molecular complexity index is 599. The van der Waals surface area contributed by atoms with E-state index in [1.807, 2.05) is 13.8 Å². The fourth-order valence-electron chi connectivity index (χ4n) is 2.78. The summed E-state index contributed by atoms with van der Waals surface area (Å²) in [6.45, 7) is 4.48. The van der Waals surface area contributed by atoms with Crippen molar-refractivity contribution in [2.75, 3.05) is 13.2 Å². The van der Waals surface area contributed by atoms with Crippen molar-refractivity contribution in [1.82, 2.24) is 4.72 Å². The van der Waals surface area contributed by atoms with E-state index in [0.29, 0.717) is 36.1 Å². The van der Waals surface area contributed by atoms with Gasteiger partial charge in [0.2, 0.25) is 10.0 Å². The number of hydrogen-bond acceptors (Lipinski definition) is 3. The molecule has 0 radical (unpaired) electrons. The van der Waals surface area contributed by atoms with E-state index in [1.165, 1.54) is 0 Å². The molecule has 0 unspecified atom stereocenters. The monoisotopic (exact) mass is 365 g/mol. The van der Waals surface area contributed by atoms with Gasteiger partial charge in [-0.1, -0.05) is 29.3 Å². The molecule has 1 heterocycles. The van der Waals surface area contributed by atoms with E-state index in [4.69, 9.17) is 27.9 Å². The molecule has 1 aliphatic heterocycles. The molecule has 1 N–H and O–H groups in total. The van der Waals surface area contributed by atoms with Crippen LogP contribution >= 0.6 is 23.2 Å². The normalized spacial score (nSPS) is 23.0. The molecule has 1 aromatic carbocycles. The predicted molar refractivity (Wildman–Crippen MR) is 90.1 cm³/mol. The fourth-order valence-corrected chi connectivity index (χ4v) is 5.25. The number of ether oxygens (including phenoxy) is 1. The molecule has 0 aromatic heterocycles. The van der Waals surface area contributed by atoms with E-state index in [-0.39, 0.29) is 12.0 Å². The first-order chi connectivity index (χ1) is 10.3. The highest BCUT2D eigenvalue weighted by Gasteiger charge is 2.37. The Hall–Kier alpha value is -0.330. The lowest BCUT2D eigenvalue weighted by molar-refractivity contribution is 0.0570. The van der Waals surface area contributed by atoms with Gasteiger partial charge in [0, 0.05) is 28.6 Å². The molecule has 124 valence electrons. The first-order valence-electron chi connectivity index (χ1n) is 7.33. The summed E-state index contributed by atoms with van der Waals surface area (Å²) in [5.41, 5.74) is 0.783. The Balaban J connectivity index is 2.24. The Morgan fingerprint density at radius 3 is 2.55 bits per heavy atom. The van der Waals surface area contributed by atoms with E-state index >= 15 is 0 Å². The highest BCUT2D eigenvalue weighted by Crippen LogP contribution is 2.31. The maximum atomic E-state index is 12.5. The molecule has 1 aromatic rings. The molecule has 0 aliphatic carbocycles. The molecule has 1 aliphatic rings. The lowest BCUT2D eigenvalue weighted by Crippen LogP contribution is -2.46. The van der Waals surface area contributed by atoms with Gasteiger partial charge in [-0.3, -0.25) is 0 Å². The smallest absolute Gasteiger partial charge is 0.215 e. The van der Waals surface area contributed by atoms with Gasteiger partial charge in [-0.25, -0.2) is 13.1 Å². The maximum absolute atomic E-state index is 12.5. The van der Waals surface area contributed by atoms with Crippen LogP contribution in [-0.4, -0.2) is 32.9 Å². The molecule has 0 bridgehead atoms. The molecule has 1 saturated heterocycles. The first-order valence-corrected chi connectivity index (χ1v) is 9.63. The molecular formula is C15H21Cl2NO3S. The van der Waals surface area contributed by atoms with Crippen molar-refractivity contribution in [3.05, 3.63) is 33.8 Å². The van der Waals surface area contributed by atoms with Crippen LogP contribution in [0, 0.1) is 5.92 Å². The highest BCUT2D eigenvalue weighted by molar-refractivity contribution is 7.90.